The molecule has 0 spiro atoms. The van der Waals surface area contributed by atoms with Crippen LogP contribution in [0.1, 0.15) is 77.7 Å². The van der Waals surface area contributed by atoms with Crippen LogP contribution in [0.3, 0.4) is 0 Å². The van der Waals surface area contributed by atoms with Gasteiger partial charge >= 0.3 is 6.09 Å². The van der Waals surface area contributed by atoms with E-state index in [1.807, 2.05) is 30.3 Å². The molecule has 0 aliphatic heterocycles. The number of imidazole rings is 3. The lowest BCUT2D eigenvalue weighted by Crippen LogP contribution is -2.33. The molecule has 5 aromatic heterocycles. The highest BCUT2D eigenvalue weighted by Crippen LogP contribution is 2.19. The van der Waals surface area contributed by atoms with E-state index in [4.69, 9.17) is 42.6 Å². The van der Waals surface area contributed by atoms with Crippen molar-refractivity contribution in [2.75, 3.05) is 152 Å². The molecule has 0 fully saturated rings. The highest BCUT2D eigenvalue weighted by Gasteiger charge is 2.22. The second kappa shape index (κ2) is 42.2. The summed E-state index contributed by atoms with van der Waals surface area (Å²) >= 11 is 0. The van der Waals surface area contributed by atoms with Gasteiger partial charge in [0, 0.05) is 124 Å². The largest absolute Gasteiger partial charge is 0.491 e. The van der Waals surface area contributed by atoms with Crippen molar-refractivity contribution in [3.05, 3.63) is 138 Å². The Morgan fingerprint density at radius 3 is 1.30 bits per heavy atom. The molecule has 544 valence electrons. The summed E-state index contributed by atoms with van der Waals surface area (Å²) in [7, 11) is 8.04. The second-order valence-electron chi connectivity index (χ2n) is 22.2. The van der Waals surface area contributed by atoms with Gasteiger partial charge in [0.1, 0.15) is 30.4 Å². The van der Waals surface area contributed by atoms with Gasteiger partial charge in [-0.1, -0.05) is 30.3 Å². The molecule has 35 nitrogen and oxygen atoms in total. The molecule has 0 saturated heterocycles. The molecule has 0 atom stereocenters. The smallest absolute Gasteiger partial charge is 0.411 e. The normalized spacial score (nSPS) is 11.0. The first kappa shape index (κ1) is 77.5. The number of aryl methyl sites for hydroxylation is 5. The van der Waals surface area contributed by atoms with Gasteiger partial charge in [-0.25, -0.2) is 19.7 Å². The number of rotatable bonds is 46. The number of carbonyl (C=O) groups excluding carboxylic acids is 9. The fraction of sp³-hybridized carbons (Fsp3) is 0.424. The third kappa shape index (κ3) is 27.8. The molecule has 35 heteroatoms. The first-order valence-corrected chi connectivity index (χ1v) is 32.3. The van der Waals surface area contributed by atoms with E-state index in [0.717, 1.165) is 5.56 Å². The predicted molar refractivity (Wildman–Crippen MR) is 365 cm³/mol. The average Bonchev–Trinajstić information content (AvgIpc) is 1.71. The Labute approximate surface area is 581 Å². The second-order valence-corrected chi connectivity index (χ2v) is 22.2. The molecule has 2 aromatic carbocycles. The first-order chi connectivity index (χ1) is 48.9. The number of aromatic nitrogens is 8. The minimum atomic E-state index is -0.639. The standard InChI is InChI=1S/C66H87N17O18/c1-79-23-21-68-58(79)64(90)72-48-39-51(80(2)41-48)61(87)69-20-17-57(86)76-54-44-83(5)60(78-54)65(91)73-49-40-52(81(3)42-49)62(88)70-19-16-56(85)75-53-43-82(4)59(77-53)63(89)71-18-15-55(84)67-22-24-93-25-26-94-27-28-95-29-30-96-31-32-97-33-34-98-35-36-99-37-38-100-50-13-11-47(12-14-50)74-66(92)101-45-46-9-7-6-8-10-46/h6-14,21,23,39-44H,15-20,22,24-38,45H2,1-5H3,(H,67,84)(H,69,87)(H,70,88)(H,71,89)(H,72,90)(H,73,91)(H,74,92)(H,75,85)(H,76,86). The number of carbonyl (C=O) groups is 9. The minimum Gasteiger partial charge on any atom is -0.491 e. The highest BCUT2D eigenvalue weighted by atomic mass is 16.6. The van der Waals surface area contributed by atoms with Crippen LogP contribution >= 0.6 is 0 Å². The zero-order chi connectivity index (χ0) is 72.1. The molecular weight excluding hydrogens is 1320 g/mol. The van der Waals surface area contributed by atoms with Crippen LogP contribution in [0.4, 0.5) is 33.5 Å². The summed E-state index contributed by atoms with van der Waals surface area (Å²) in [5, 5.41) is 24.0. The monoisotopic (exact) mass is 1410 g/mol. The van der Waals surface area contributed by atoms with Gasteiger partial charge in [-0.2, -0.15) is 0 Å². The van der Waals surface area contributed by atoms with Crippen molar-refractivity contribution < 1.29 is 85.8 Å². The molecule has 101 heavy (non-hydrogen) atoms. The predicted octanol–water partition coefficient (Wildman–Crippen LogP) is 2.77. The van der Waals surface area contributed by atoms with Crippen molar-refractivity contribution in [1.82, 2.24) is 59.1 Å². The number of nitrogens with one attached hydrogen (secondary N) is 9. The Kier molecular flexibility index (Phi) is 32.4. The Morgan fingerprint density at radius 2 is 0.822 bits per heavy atom. The van der Waals surface area contributed by atoms with Gasteiger partial charge < -0.3 is 108 Å². The Bertz CT molecular complexity index is 3810. The fourth-order valence-electron chi connectivity index (χ4n) is 9.19. The van der Waals surface area contributed by atoms with Gasteiger partial charge in [-0.3, -0.25) is 43.7 Å². The summed E-state index contributed by atoms with van der Waals surface area (Å²) in [5.74, 6) is -2.98. The number of hydrogen-bond acceptors (Lipinski definition) is 21. The molecule has 9 N–H and O–H groups in total. The molecule has 0 aliphatic carbocycles. The zero-order valence-electron chi connectivity index (χ0n) is 57.0. The van der Waals surface area contributed by atoms with E-state index in [9.17, 15) is 43.2 Å². The summed E-state index contributed by atoms with van der Waals surface area (Å²) < 4.78 is 57.0. The van der Waals surface area contributed by atoms with Gasteiger partial charge in [-0.15, -0.1) is 0 Å². The molecule has 0 aliphatic rings. The van der Waals surface area contributed by atoms with Crippen LogP contribution in [0.15, 0.2) is 104 Å². The van der Waals surface area contributed by atoms with Crippen LogP contribution in [0.25, 0.3) is 0 Å². The van der Waals surface area contributed by atoms with Gasteiger partial charge in [0.25, 0.3) is 29.5 Å². The zero-order valence-corrected chi connectivity index (χ0v) is 57.0. The van der Waals surface area contributed by atoms with E-state index in [2.05, 4.69) is 62.8 Å². The van der Waals surface area contributed by atoms with E-state index in [1.54, 1.807) is 76.5 Å². The Morgan fingerprint density at radius 1 is 0.386 bits per heavy atom. The van der Waals surface area contributed by atoms with Crippen LogP contribution in [-0.4, -0.2) is 216 Å². The summed E-state index contributed by atoms with van der Waals surface area (Å²) in [4.78, 5) is 127. The molecule has 5 heterocycles. The number of hydrogen-bond donors (Lipinski definition) is 9. The molecule has 0 bridgehead atoms. The third-order valence-electron chi connectivity index (χ3n) is 14.2. The van der Waals surface area contributed by atoms with Gasteiger partial charge in [0.15, 0.2) is 17.5 Å². The van der Waals surface area contributed by atoms with E-state index in [1.165, 1.54) is 55.2 Å². The summed E-state index contributed by atoms with van der Waals surface area (Å²) in [6.45, 7) is 6.14. The molecule has 9 amide bonds. The maximum absolute atomic E-state index is 13.3. The summed E-state index contributed by atoms with van der Waals surface area (Å²) in [5.41, 5.74) is 2.55. The molecule has 0 unspecified atom stereocenters. The van der Waals surface area contributed by atoms with Crippen molar-refractivity contribution in [1.29, 1.82) is 0 Å². The average molecular weight is 1410 g/mol. The van der Waals surface area contributed by atoms with Crippen molar-refractivity contribution in [3.8, 4) is 5.75 Å². The topological polar surface area (TPSA) is 408 Å². The molecular formula is C66H87N17O18. The number of anilines is 5. The maximum Gasteiger partial charge on any atom is 0.411 e. The summed E-state index contributed by atoms with van der Waals surface area (Å²) in [6, 6.07) is 19.3. The fourth-order valence-corrected chi connectivity index (χ4v) is 9.19. The van der Waals surface area contributed by atoms with E-state index in [-0.39, 0.29) is 111 Å². The Hall–Kier alpha value is -10.8. The van der Waals surface area contributed by atoms with Crippen LogP contribution < -0.4 is 52.6 Å². The number of amides is 9. The van der Waals surface area contributed by atoms with Gasteiger partial charge in [0.2, 0.25) is 29.4 Å². The van der Waals surface area contributed by atoms with Crippen molar-refractivity contribution in [2.45, 2.75) is 25.9 Å². The van der Waals surface area contributed by atoms with Gasteiger partial charge in [0.05, 0.1) is 104 Å². The maximum atomic E-state index is 13.3. The molecule has 0 radical (unpaired) electrons. The number of nitrogens with zero attached hydrogens (tertiary/aromatic N) is 8. The lowest BCUT2D eigenvalue weighted by Gasteiger charge is -2.10. The van der Waals surface area contributed by atoms with Crippen molar-refractivity contribution >= 4 is 82.0 Å². The van der Waals surface area contributed by atoms with Gasteiger partial charge in [-0.05, 0) is 42.0 Å². The minimum absolute atomic E-state index is 0.00214. The quantitative estimate of drug-likeness (QED) is 0.0248. The number of ether oxygens (including phenoxy) is 9. The molecule has 7 rings (SSSR count). The van der Waals surface area contributed by atoms with Crippen molar-refractivity contribution in [3.63, 3.8) is 0 Å². The number of benzene rings is 2. The highest BCUT2D eigenvalue weighted by molar-refractivity contribution is 6.05. The first-order valence-electron chi connectivity index (χ1n) is 32.3. The third-order valence-corrected chi connectivity index (χ3v) is 14.2. The van der Waals surface area contributed by atoms with Crippen molar-refractivity contribution in [2.24, 2.45) is 35.2 Å². The van der Waals surface area contributed by atoms with Crippen LogP contribution in [-0.2, 0) is 94.1 Å². The summed E-state index contributed by atoms with van der Waals surface area (Å²) in [6.07, 6.45) is 8.28. The van der Waals surface area contributed by atoms with E-state index >= 15 is 0 Å². The van der Waals surface area contributed by atoms with E-state index < -0.39 is 47.4 Å². The lowest BCUT2D eigenvalue weighted by atomic mass is 10.2. The van der Waals surface area contributed by atoms with Crippen LogP contribution in [0, 0.1) is 0 Å². The molecule has 7 aromatic rings. The Balaban J connectivity index is 0.621. The van der Waals surface area contributed by atoms with E-state index in [0.29, 0.717) is 110 Å². The molecule has 0 saturated carbocycles. The van der Waals surface area contributed by atoms with Crippen LogP contribution in [0.5, 0.6) is 5.75 Å². The lowest BCUT2D eigenvalue weighted by molar-refractivity contribution is -0.121. The van der Waals surface area contributed by atoms with Crippen LogP contribution in [0.2, 0.25) is 0 Å². The SMILES string of the molecule is Cn1cc(NC(=O)c2nc(NC(=O)CCNC(=O)c3cc(NC(=O)c4nccn4C)cn3C)cn2C)cc1C(=O)NCCC(=O)Nc1cn(C)c(C(=O)NCCC(=O)NCCOCCOCCOCCOCCOCCOCCOCCOc2ccc(NC(=O)OCc3ccccc3)cc2)n1.